The highest BCUT2D eigenvalue weighted by atomic mass is 79.9. The molecule has 2 aliphatic rings. The lowest BCUT2D eigenvalue weighted by Crippen LogP contribution is -2.50. The standard InChI is InChI=1S/C15H19BrN4/c16-10-13-15(17-14-5-1-2-7-20(13)14)19-9-8-18-6-3-4-12(18)11-19/h1-2,5,7,12H,3-4,6,8-11H2. The van der Waals surface area contributed by atoms with Gasteiger partial charge in [0.1, 0.15) is 5.65 Å². The maximum atomic E-state index is 4.86. The third kappa shape index (κ3) is 1.95. The molecule has 20 heavy (non-hydrogen) atoms. The molecule has 1 atom stereocenters. The number of hydrogen-bond donors (Lipinski definition) is 0. The summed E-state index contributed by atoms with van der Waals surface area (Å²) in [5.74, 6) is 1.17. The lowest BCUT2D eigenvalue weighted by Gasteiger charge is -2.38. The van der Waals surface area contributed by atoms with Crippen LogP contribution in [0.4, 0.5) is 5.82 Å². The molecule has 2 fully saturated rings. The van der Waals surface area contributed by atoms with E-state index >= 15 is 0 Å². The largest absolute Gasteiger partial charge is 0.352 e. The molecule has 4 heterocycles. The zero-order valence-corrected chi connectivity index (χ0v) is 13.1. The van der Waals surface area contributed by atoms with Gasteiger partial charge < -0.3 is 9.30 Å². The van der Waals surface area contributed by atoms with E-state index in [0.29, 0.717) is 0 Å². The van der Waals surface area contributed by atoms with E-state index in [-0.39, 0.29) is 0 Å². The highest BCUT2D eigenvalue weighted by Gasteiger charge is 2.32. The molecule has 1 unspecified atom stereocenters. The van der Waals surface area contributed by atoms with Crippen LogP contribution in [-0.2, 0) is 5.33 Å². The number of rotatable bonds is 2. The van der Waals surface area contributed by atoms with Crippen LogP contribution >= 0.6 is 15.9 Å². The number of alkyl halides is 1. The Bertz CT molecular complexity index is 623. The van der Waals surface area contributed by atoms with Crippen molar-refractivity contribution in [3.05, 3.63) is 30.1 Å². The minimum atomic E-state index is 0.733. The Labute approximate surface area is 127 Å². The molecule has 0 aliphatic carbocycles. The normalized spacial score (nSPS) is 23.4. The van der Waals surface area contributed by atoms with E-state index in [9.17, 15) is 0 Å². The molecule has 0 radical (unpaired) electrons. The molecule has 0 spiro atoms. The highest BCUT2D eigenvalue weighted by molar-refractivity contribution is 9.08. The molecular formula is C15H19BrN4. The van der Waals surface area contributed by atoms with Crippen molar-refractivity contribution in [2.45, 2.75) is 24.2 Å². The number of nitrogens with zero attached hydrogens (tertiary/aromatic N) is 4. The first-order chi connectivity index (χ1) is 9.86. The fourth-order valence-electron chi connectivity index (χ4n) is 3.60. The molecule has 106 valence electrons. The summed E-state index contributed by atoms with van der Waals surface area (Å²) >= 11 is 3.63. The van der Waals surface area contributed by atoms with Gasteiger partial charge in [-0.2, -0.15) is 0 Å². The minimum absolute atomic E-state index is 0.733. The fraction of sp³-hybridized carbons (Fsp3) is 0.533. The number of pyridine rings is 1. The fourth-order valence-corrected chi connectivity index (χ4v) is 4.12. The van der Waals surface area contributed by atoms with Crippen molar-refractivity contribution < 1.29 is 0 Å². The number of imidazole rings is 1. The second kappa shape index (κ2) is 5.04. The molecule has 0 bridgehead atoms. The van der Waals surface area contributed by atoms with E-state index in [0.717, 1.165) is 30.1 Å². The number of piperazine rings is 1. The van der Waals surface area contributed by atoms with Crippen LogP contribution in [0, 0.1) is 0 Å². The number of hydrogen-bond acceptors (Lipinski definition) is 3. The maximum Gasteiger partial charge on any atom is 0.152 e. The Balaban J connectivity index is 1.71. The minimum Gasteiger partial charge on any atom is -0.352 e. The summed E-state index contributed by atoms with van der Waals surface area (Å²) in [7, 11) is 0. The summed E-state index contributed by atoms with van der Waals surface area (Å²) in [5, 5.41) is 0.846. The average molecular weight is 335 g/mol. The van der Waals surface area contributed by atoms with Crippen molar-refractivity contribution in [3.8, 4) is 0 Å². The second-order valence-electron chi connectivity index (χ2n) is 5.72. The van der Waals surface area contributed by atoms with Crippen LogP contribution in [0.5, 0.6) is 0 Å². The maximum absolute atomic E-state index is 4.86. The molecule has 4 nitrogen and oxygen atoms in total. The third-order valence-electron chi connectivity index (χ3n) is 4.62. The molecule has 2 aromatic heterocycles. The van der Waals surface area contributed by atoms with Gasteiger partial charge in [-0.15, -0.1) is 0 Å². The number of fused-ring (bicyclic) bond motifs is 2. The number of aromatic nitrogens is 2. The van der Waals surface area contributed by atoms with E-state index in [4.69, 9.17) is 4.98 Å². The van der Waals surface area contributed by atoms with E-state index in [1.807, 2.05) is 0 Å². The Hall–Kier alpha value is -1.07. The Morgan fingerprint density at radius 1 is 1.25 bits per heavy atom. The summed E-state index contributed by atoms with van der Waals surface area (Å²) in [5.41, 5.74) is 2.32. The number of halogens is 1. The molecular weight excluding hydrogens is 316 g/mol. The van der Waals surface area contributed by atoms with Crippen molar-refractivity contribution in [3.63, 3.8) is 0 Å². The molecule has 0 amide bonds. The Kier molecular flexibility index (Phi) is 3.19. The third-order valence-corrected chi connectivity index (χ3v) is 5.15. The van der Waals surface area contributed by atoms with Gasteiger partial charge in [0.15, 0.2) is 5.82 Å². The van der Waals surface area contributed by atoms with Crippen molar-refractivity contribution in [1.82, 2.24) is 14.3 Å². The second-order valence-corrected chi connectivity index (χ2v) is 6.28. The Morgan fingerprint density at radius 3 is 3.10 bits per heavy atom. The van der Waals surface area contributed by atoms with Crippen LogP contribution in [-0.4, -0.2) is 46.5 Å². The molecule has 4 rings (SSSR count). The quantitative estimate of drug-likeness (QED) is 0.788. The monoisotopic (exact) mass is 334 g/mol. The van der Waals surface area contributed by atoms with E-state index in [1.165, 1.54) is 37.4 Å². The highest BCUT2D eigenvalue weighted by Crippen LogP contribution is 2.29. The summed E-state index contributed by atoms with van der Waals surface area (Å²) in [6.45, 7) is 4.69. The van der Waals surface area contributed by atoms with E-state index in [1.54, 1.807) is 0 Å². The predicted molar refractivity (Wildman–Crippen MR) is 84.6 cm³/mol. The summed E-state index contributed by atoms with van der Waals surface area (Å²) in [6.07, 6.45) is 4.80. The van der Waals surface area contributed by atoms with Gasteiger partial charge in [-0.1, -0.05) is 22.0 Å². The van der Waals surface area contributed by atoms with Crippen molar-refractivity contribution in [2.24, 2.45) is 0 Å². The first-order valence-electron chi connectivity index (χ1n) is 7.38. The predicted octanol–water partition coefficient (Wildman–Crippen LogP) is 2.51. The van der Waals surface area contributed by atoms with Crippen molar-refractivity contribution in [2.75, 3.05) is 31.1 Å². The zero-order valence-electron chi connectivity index (χ0n) is 11.5. The molecule has 2 aliphatic heterocycles. The topological polar surface area (TPSA) is 23.8 Å². The first kappa shape index (κ1) is 12.7. The summed E-state index contributed by atoms with van der Waals surface area (Å²) in [4.78, 5) is 9.98. The van der Waals surface area contributed by atoms with Crippen molar-refractivity contribution in [1.29, 1.82) is 0 Å². The van der Waals surface area contributed by atoms with Gasteiger partial charge >= 0.3 is 0 Å². The average Bonchev–Trinajstić information content (AvgIpc) is 3.10. The molecule has 5 heteroatoms. The molecule has 2 saturated heterocycles. The van der Waals surface area contributed by atoms with Gasteiger partial charge in [0.05, 0.1) is 5.69 Å². The first-order valence-corrected chi connectivity index (χ1v) is 8.50. The van der Waals surface area contributed by atoms with Crippen LogP contribution < -0.4 is 4.90 Å². The van der Waals surface area contributed by atoms with E-state index in [2.05, 4.69) is 54.5 Å². The van der Waals surface area contributed by atoms with Gasteiger partial charge in [0.25, 0.3) is 0 Å². The smallest absolute Gasteiger partial charge is 0.152 e. The molecule has 0 N–H and O–H groups in total. The number of anilines is 1. The van der Waals surface area contributed by atoms with Gasteiger partial charge in [-0.05, 0) is 31.5 Å². The van der Waals surface area contributed by atoms with Crippen molar-refractivity contribution >= 4 is 27.4 Å². The summed E-state index contributed by atoms with van der Waals surface area (Å²) in [6, 6.07) is 6.94. The molecule has 0 aromatic carbocycles. The van der Waals surface area contributed by atoms with Gasteiger partial charge in [-0.3, -0.25) is 4.90 Å². The van der Waals surface area contributed by atoms with Crippen LogP contribution in [0.2, 0.25) is 0 Å². The molecule has 2 aromatic rings. The zero-order chi connectivity index (χ0) is 13.5. The van der Waals surface area contributed by atoms with Crippen LogP contribution in [0.1, 0.15) is 18.5 Å². The lowest BCUT2D eigenvalue weighted by molar-refractivity contribution is 0.230. The lowest BCUT2D eigenvalue weighted by atomic mass is 10.1. The Morgan fingerprint density at radius 2 is 2.20 bits per heavy atom. The van der Waals surface area contributed by atoms with E-state index < -0.39 is 0 Å². The summed E-state index contributed by atoms with van der Waals surface area (Å²) < 4.78 is 2.20. The van der Waals surface area contributed by atoms with Crippen LogP contribution in [0.15, 0.2) is 24.4 Å². The van der Waals surface area contributed by atoms with Crippen LogP contribution in [0.25, 0.3) is 5.65 Å². The van der Waals surface area contributed by atoms with Gasteiger partial charge in [-0.25, -0.2) is 4.98 Å². The van der Waals surface area contributed by atoms with Gasteiger partial charge in [0.2, 0.25) is 0 Å². The molecule has 0 saturated carbocycles. The van der Waals surface area contributed by atoms with Gasteiger partial charge in [0, 0.05) is 37.2 Å². The van der Waals surface area contributed by atoms with Crippen LogP contribution in [0.3, 0.4) is 0 Å². The SMILES string of the molecule is BrCc1c(N2CCN3CCCC3C2)nc2ccccn12.